The Morgan fingerprint density at radius 1 is 1.32 bits per heavy atom. The second-order valence-corrected chi connectivity index (χ2v) is 5.49. The molecule has 1 fully saturated rings. The van der Waals surface area contributed by atoms with E-state index in [9.17, 15) is 4.79 Å². The van der Waals surface area contributed by atoms with E-state index < -0.39 is 0 Å². The maximum Gasteiger partial charge on any atom is 0.272 e. The highest BCUT2D eigenvalue weighted by Crippen LogP contribution is 2.17. The summed E-state index contributed by atoms with van der Waals surface area (Å²) in [5, 5.41) is 4.16. The Bertz CT molecular complexity index is 624. The van der Waals surface area contributed by atoms with Gasteiger partial charge < -0.3 is 9.64 Å². The summed E-state index contributed by atoms with van der Waals surface area (Å²) in [5.74, 6) is 0.0464. The van der Waals surface area contributed by atoms with Crippen LogP contribution < -0.4 is 0 Å². The molecule has 116 valence electrons. The van der Waals surface area contributed by atoms with E-state index in [1.807, 2.05) is 30.0 Å². The van der Waals surface area contributed by atoms with E-state index in [-0.39, 0.29) is 12.0 Å². The topological polar surface area (TPSA) is 47.4 Å². The molecule has 1 aromatic carbocycles. The van der Waals surface area contributed by atoms with E-state index in [0.717, 1.165) is 18.5 Å². The quantitative estimate of drug-likeness (QED) is 0.851. The van der Waals surface area contributed by atoms with Gasteiger partial charge in [-0.15, -0.1) is 0 Å². The van der Waals surface area contributed by atoms with Gasteiger partial charge in [-0.25, -0.2) is 0 Å². The summed E-state index contributed by atoms with van der Waals surface area (Å²) in [6, 6.07) is 11.9. The Morgan fingerprint density at radius 2 is 2.14 bits per heavy atom. The smallest absolute Gasteiger partial charge is 0.272 e. The van der Waals surface area contributed by atoms with Crippen LogP contribution in [-0.4, -0.2) is 39.8 Å². The molecule has 1 aliphatic rings. The molecule has 0 aliphatic carbocycles. The molecule has 1 atom stereocenters. The summed E-state index contributed by atoms with van der Waals surface area (Å²) >= 11 is 0. The highest BCUT2D eigenvalue weighted by atomic mass is 16.5. The first-order chi connectivity index (χ1) is 10.8. The van der Waals surface area contributed by atoms with E-state index in [1.54, 1.807) is 16.9 Å². The van der Waals surface area contributed by atoms with Crippen molar-refractivity contribution in [3.05, 3.63) is 53.9 Å². The molecule has 5 nitrogen and oxygen atoms in total. The Morgan fingerprint density at radius 3 is 2.91 bits per heavy atom. The minimum atomic E-state index is 0.0464. The van der Waals surface area contributed by atoms with E-state index in [1.165, 1.54) is 0 Å². The minimum Gasteiger partial charge on any atom is -0.372 e. The number of ether oxygens (including phenoxy) is 1. The van der Waals surface area contributed by atoms with Crippen molar-refractivity contribution in [2.75, 3.05) is 13.1 Å². The van der Waals surface area contributed by atoms with Crippen molar-refractivity contribution in [3.8, 4) is 0 Å². The fraction of sp³-hybridized carbons (Fsp3) is 0.412. The summed E-state index contributed by atoms with van der Waals surface area (Å²) in [7, 11) is 0. The number of nitrogens with zero attached hydrogens (tertiary/aromatic N) is 3. The van der Waals surface area contributed by atoms with Crippen LogP contribution in [0.1, 0.15) is 29.4 Å². The van der Waals surface area contributed by atoms with Gasteiger partial charge in [0.1, 0.15) is 5.69 Å². The van der Waals surface area contributed by atoms with Crippen LogP contribution in [0.2, 0.25) is 0 Å². The standard InChI is InChI=1S/C17H21N3O2/c1-2-20-16(8-10-18-20)17(21)19-11-9-15(12-19)22-13-14-6-4-3-5-7-14/h3-8,10,15H,2,9,11-13H2,1H3. The normalized spacial score (nSPS) is 17.9. The summed E-state index contributed by atoms with van der Waals surface area (Å²) in [6.07, 6.45) is 2.68. The van der Waals surface area contributed by atoms with Gasteiger partial charge in [0.15, 0.2) is 0 Å². The molecule has 5 heteroatoms. The van der Waals surface area contributed by atoms with Crippen molar-refractivity contribution in [2.45, 2.75) is 32.6 Å². The van der Waals surface area contributed by atoms with Crippen molar-refractivity contribution in [3.63, 3.8) is 0 Å². The minimum absolute atomic E-state index is 0.0464. The molecule has 0 bridgehead atoms. The van der Waals surface area contributed by atoms with Gasteiger partial charge >= 0.3 is 0 Å². The lowest BCUT2D eigenvalue weighted by molar-refractivity contribution is 0.0435. The molecule has 1 aliphatic heterocycles. The van der Waals surface area contributed by atoms with E-state index in [0.29, 0.717) is 25.4 Å². The van der Waals surface area contributed by atoms with Crippen LogP contribution in [-0.2, 0) is 17.9 Å². The molecule has 0 radical (unpaired) electrons. The van der Waals surface area contributed by atoms with Crippen LogP contribution in [0.3, 0.4) is 0 Å². The number of benzene rings is 1. The average Bonchev–Trinajstić information content (AvgIpc) is 3.22. The first-order valence-corrected chi connectivity index (χ1v) is 7.74. The predicted octanol–water partition coefficient (Wildman–Crippen LogP) is 2.33. The van der Waals surface area contributed by atoms with Crippen molar-refractivity contribution >= 4 is 5.91 Å². The monoisotopic (exact) mass is 299 g/mol. The van der Waals surface area contributed by atoms with Gasteiger partial charge in [-0.1, -0.05) is 30.3 Å². The zero-order chi connectivity index (χ0) is 15.4. The number of amides is 1. The molecule has 1 saturated heterocycles. The van der Waals surface area contributed by atoms with Crippen molar-refractivity contribution in [1.82, 2.24) is 14.7 Å². The van der Waals surface area contributed by atoms with Gasteiger partial charge in [-0.3, -0.25) is 9.48 Å². The molecule has 22 heavy (non-hydrogen) atoms. The lowest BCUT2D eigenvalue weighted by Crippen LogP contribution is -2.31. The predicted molar refractivity (Wildman–Crippen MR) is 83.4 cm³/mol. The van der Waals surface area contributed by atoms with Gasteiger partial charge in [0.25, 0.3) is 5.91 Å². The van der Waals surface area contributed by atoms with E-state index >= 15 is 0 Å². The fourth-order valence-electron chi connectivity index (χ4n) is 2.77. The largest absolute Gasteiger partial charge is 0.372 e. The third-order valence-electron chi connectivity index (χ3n) is 4.00. The number of hydrogen-bond donors (Lipinski definition) is 0. The summed E-state index contributed by atoms with van der Waals surface area (Å²) in [5.41, 5.74) is 1.82. The number of carbonyl (C=O) groups excluding carboxylic acids is 1. The maximum absolute atomic E-state index is 12.5. The lowest BCUT2D eigenvalue weighted by Gasteiger charge is -2.17. The van der Waals surface area contributed by atoms with Crippen LogP contribution >= 0.6 is 0 Å². The fourth-order valence-corrected chi connectivity index (χ4v) is 2.77. The Kier molecular flexibility index (Phi) is 4.53. The van der Waals surface area contributed by atoms with Crippen molar-refractivity contribution < 1.29 is 9.53 Å². The molecule has 1 aromatic heterocycles. The number of aryl methyl sites for hydroxylation is 1. The zero-order valence-electron chi connectivity index (χ0n) is 12.8. The van der Waals surface area contributed by atoms with Crippen LogP contribution in [0, 0.1) is 0 Å². The SMILES string of the molecule is CCn1nccc1C(=O)N1CCC(OCc2ccccc2)C1. The first-order valence-electron chi connectivity index (χ1n) is 7.74. The first kappa shape index (κ1) is 14.8. The molecule has 3 rings (SSSR count). The Hall–Kier alpha value is -2.14. The average molecular weight is 299 g/mol. The molecule has 2 heterocycles. The van der Waals surface area contributed by atoms with E-state index in [2.05, 4.69) is 17.2 Å². The molecule has 2 aromatic rings. The van der Waals surface area contributed by atoms with Gasteiger partial charge in [0.2, 0.25) is 0 Å². The van der Waals surface area contributed by atoms with Crippen LogP contribution in [0.15, 0.2) is 42.6 Å². The van der Waals surface area contributed by atoms with Crippen LogP contribution in [0.4, 0.5) is 0 Å². The maximum atomic E-state index is 12.5. The van der Waals surface area contributed by atoms with Crippen LogP contribution in [0.5, 0.6) is 0 Å². The summed E-state index contributed by atoms with van der Waals surface area (Å²) in [4.78, 5) is 14.4. The zero-order valence-corrected chi connectivity index (χ0v) is 12.8. The number of hydrogen-bond acceptors (Lipinski definition) is 3. The number of rotatable bonds is 5. The number of likely N-dealkylation sites (tertiary alicyclic amines) is 1. The third kappa shape index (κ3) is 3.20. The van der Waals surface area contributed by atoms with Crippen molar-refractivity contribution in [2.24, 2.45) is 0 Å². The lowest BCUT2D eigenvalue weighted by atomic mass is 10.2. The number of aromatic nitrogens is 2. The number of carbonyl (C=O) groups is 1. The van der Waals surface area contributed by atoms with Gasteiger partial charge in [0.05, 0.1) is 12.7 Å². The van der Waals surface area contributed by atoms with Gasteiger partial charge in [-0.05, 0) is 25.0 Å². The molecule has 0 saturated carbocycles. The second kappa shape index (κ2) is 6.75. The molecule has 0 spiro atoms. The van der Waals surface area contributed by atoms with Gasteiger partial charge in [0, 0.05) is 25.8 Å². The molecular formula is C17H21N3O2. The third-order valence-corrected chi connectivity index (χ3v) is 4.00. The van der Waals surface area contributed by atoms with Crippen LogP contribution in [0.25, 0.3) is 0 Å². The highest BCUT2D eigenvalue weighted by Gasteiger charge is 2.28. The van der Waals surface area contributed by atoms with E-state index in [4.69, 9.17) is 4.74 Å². The highest BCUT2D eigenvalue weighted by molar-refractivity contribution is 5.92. The molecule has 1 unspecified atom stereocenters. The molecule has 0 N–H and O–H groups in total. The molecular weight excluding hydrogens is 278 g/mol. The summed E-state index contributed by atoms with van der Waals surface area (Å²) < 4.78 is 7.66. The molecule has 1 amide bonds. The summed E-state index contributed by atoms with van der Waals surface area (Å²) in [6.45, 7) is 4.68. The van der Waals surface area contributed by atoms with Gasteiger partial charge in [-0.2, -0.15) is 5.10 Å². The second-order valence-electron chi connectivity index (χ2n) is 5.49. The van der Waals surface area contributed by atoms with Crippen molar-refractivity contribution in [1.29, 1.82) is 0 Å². The Labute approximate surface area is 130 Å². The Balaban J connectivity index is 1.55.